The first-order valence-corrected chi connectivity index (χ1v) is 10.5. The highest BCUT2D eigenvalue weighted by molar-refractivity contribution is 5.92. The first kappa shape index (κ1) is 22.6. The molecule has 0 aromatic carbocycles. The molecule has 1 aliphatic heterocycles. The topological polar surface area (TPSA) is 90.5 Å². The van der Waals surface area contributed by atoms with Crippen LogP contribution in [0.3, 0.4) is 0 Å². The van der Waals surface area contributed by atoms with Crippen LogP contribution in [0.1, 0.15) is 42.7 Å². The number of hydrogen-bond acceptors (Lipinski definition) is 6. The second-order valence-electron chi connectivity index (χ2n) is 7.73. The maximum Gasteiger partial charge on any atom is 0.272 e. The highest BCUT2D eigenvalue weighted by Crippen LogP contribution is 2.23. The molecule has 0 aliphatic carbocycles. The van der Waals surface area contributed by atoms with Crippen LogP contribution in [-0.2, 0) is 11.3 Å². The maximum atomic E-state index is 14.3. The number of pyridine rings is 2. The smallest absolute Gasteiger partial charge is 0.272 e. The normalized spacial score (nSPS) is 16.8. The van der Waals surface area contributed by atoms with E-state index >= 15 is 0 Å². The van der Waals surface area contributed by atoms with E-state index in [2.05, 4.69) is 37.3 Å². The highest BCUT2D eigenvalue weighted by atomic mass is 19.1. The predicted molar refractivity (Wildman–Crippen MR) is 117 cm³/mol. The molecule has 8 nitrogen and oxygen atoms in total. The van der Waals surface area contributed by atoms with E-state index < -0.39 is 11.7 Å². The molecule has 3 heterocycles. The van der Waals surface area contributed by atoms with E-state index in [1.165, 1.54) is 13.1 Å². The Morgan fingerprint density at radius 1 is 1.26 bits per heavy atom. The average molecular weight is 429 g/mol. The Bertz CT molecular complexity index is 938. The number of piperazine rings is 1. The van der Waals surface area contributed by atoms with E-state index in [1.54, 1.807) is 12.4 Å². The van der Waals surface area contributed by atoms with Gasteiger partial charge in [-0.15, -0.1) is 0 Å². The van der Waals surface area contributed by atoms with Gasteiger partial charge in [0.1, 0.15) is 5.82 Å². The third-order valence-corrected chi connectivity index (χ3v) is 5.29. The molecule has 9 heteroatoms. The summed E-state index contributed by atoms with van der Waals surface area (Å²) in [6.07, 6.45) is 4.53. The molecule has 0 radical (unpaired) electrons. The van der Waals surface area contributed by atoms with Gasteiger partial charge in [-0.1, -0.05) is 6.92 Å². The van der Waals surface area contributed by atoms with Crippen LogP contribution in [0.4, 0.5) is 15.9 Å². The number of rotatable bonds is 7. The van der Waals surface area contributed by atoms with E-state index in [1.807, 2.05) is 19.1 Å². The number of nitrogens with zero attached hydrogens (tertiary/aromatic N) is 4. The molecule has 31 heavy (non-hydrogen) atoms. The van der Waals surface area contributed by atoms with E-state index in [0.717, 1.165) is 31.6 Å². The van der Waals surface area contributed by atoms with E-state index in [0.29, 0.717) is 24.5 Å². The van der Waals surface area contributed by atoms with Crippen molar-refractivity contribution in [2.75, 3.05) is 36.9 Å². The first-order valence-electron chi connectivity index (χ1n) is 10.5. The lowest BCUT2D eigenvalue weighted by Gasteiger charge is -2.41. The molecule has 2 aromatic heterocycles. The zero-order valence-electron chi connectivity index (χ0n) is 18.2. The van der Waals surface area contributed by atoms with Crippen molar-refractivity contribution in [3.8, 4) is 0 Å². The van der Waals surface area contributed by atoms with Crippen LogP contribution in [0.5, 0.6) is 0 Å². The monoisotopic (exact) mass is 428 g/mol. The summed E-state index contributed by atoms with van der Waals surface area (Å²) in [5.74, 6) is -0.622. The zero-order chi connectivity index (χ0) is 22.4. The van der Waals surface area contributed by atoms with Crippen LogP contribution in [0.15, 0.2) is 30.6 Å². The third kappa shape index (κ3) is 5.75. The molecule has 1 atom stereocenters. The number of nitrogens with one attached hydrogen (secondary N) is 2. The fourth-order valence-corrected chi connectivity index (χ4v) is 3.76. The van der Waals surface area contributed by atoms with Gasteiger partial charge in [-0.25, -0.2) is 14.4 Å². The van der Waals surface area contributed by atoms with Crippen LogP contribution in [-0.4, -0.2) is 59.4 Å². The summed E-state index contributed by atoms with van der Waals surface area (Å²) in [6.45, 7) is 7.08. The van der Waals surface area contributed by atoms with Gasteiger partial charge in [0, 0.05) is 58.0 Å². The van der Waals surface area contributed by atoms with Gasteiger partial charge in [-0.2, -0.15) is 0 Å². The Morgan fingerprint density at radius 3 is 2.74 bits per heavy atom. The van der Waals surface area contributed by atoms with Gasteiger partial charge in [0.2, 0.25) is 5.91 Å². The second kappa shape index (κ2) is 10.3. The van der Waals surface area contributed by atoms with Crippen LogP contribution in [0, 0.1) is 5.82 Å². The van der Waals surface area contributed by atoms with E-state index in [9.17, 15) is 14.0 Å². The summed E-state index contributed by atoms with van der Waals surface area (Å²) in [4.78, 5) is 36.1. The highest BCUT2D eigenvalue weighted by Gasteiger charge is 2.25. The minimum Gasteiger partial charge on any atom is -0.365 e. The van der Waals surface area contributed by atoms with Crippen molar-refractivity contribution in [1.29, 1.82) is 0 Å². The molecule has 2 amide bonds. The predicted octanol–water partition coefficient (Wildman–Crippen LogP) is 2.42. The van der Waals surface area contributed by atoms with Crippen LogP contribution in [0.25, 0.3) is 0 Å². The molecule has 1 saturated heterocycles. The van der Waals surface area contributed by atoms with Gasteiger partial charge in [0.25, 0.3) is 5.91 Å². The van der Waals surface area contributed by atoms with Gasteiger partial charge in [0.15, 0.2) is 11.5 Å². The fourth-order valence-electron chi connectivity index (χ4n) is 3.76. The van der Waals surface area contributed by atoms with Gasteiger partial charge in [0.05, 0.1) is 11.9 Å². The van der Waals surface area contributed by atoms with Gasteiger partial charge in [-0.05, 0) is 31.0 Å². The molecule has 1 aliphatic rings. The molecule has 0 saturated carbocycles. The minimum atomic E-state index is -0.624. The molecule has 2 N–H and O–H groups in total. The molecule has 0 spiro atoms. The summed E-state index contributed by atoms with van der Waals surface area (Å²) < 4.78 is 14.3. The first-order chi connectivity index (χ1) is 14.9. The van der Waals surface area contributed by atoms with E-state index in [4.69, 9.17) is 0 Å². The zero-order valence-corrected chi connectivity index (χ0v) is 18.2. The average Bonchev–Trinajstić information content (AvgIpc) is 2.73. The molecular weight excluding hydrogens is 399 g/mol. The SMILES string of the molecule is CCCC(=O)Nc1cc(CN2CCN(c3cnc(C(=O)NC)c(F)c3)C(C)C2)ccn1. The number of halogens is 1. The van der Waals surface area contributed by atoms with Crippen molar-refractivity contribution in [2.45, 2.75) is 39.3 Å². The molecule has 1 fully saturated rings. The Labute approximate surface area is 181 Å². The standard InChI is InChI=1S/C22H29FN6O2/c1-4-5-20(30)27-19-10-16(6-7-25-19)14-28-8-9-29(15(2)13-28)17-11-18(23)21(26-12-17)22(31)24-3/h6-7,10-12,15H,4-5,8-9,13-14H2,1-3H3,(H,24,31)(H,25,27,30). The quantitative estimate of drug-likeness (QED) is 0.704. The van der Waals surface area contributed by atoms with Crippen molar-refractivity contribution in [3.05, 3.63) is 47.7 Å². The number of carbonyl (C=O) groups excluding carboxylic acids is 2. The van der Waals surface area contributed by atoms with Gasteiger partial charge in [-0.3, -0.25) is 14.5 Å². The van der Waals surface area contributed by atoms with Crippen molar-refractivity contribution in [1.82, 2.24) is 20.2 Å². The van der Waals surface area contributed by atoms with Gasteiger partial charge >= 0.3 is 0 Å². The van der Waals surface area contributed by atoms with E-state index in [-0.39, 0.29) is 17.6 Å². The molecule has 1 unspecified atom stereocenters. The Morgan fingerprint density at radius 2 is 2.06 bits per heavy atom. The lowest BCUT2D eigenvalue weighted by atomic mass is 10.1. The van der Waals surface area contributed by atoms with Crippen LogP contribution >= 0.6 is 0 Å². The fraction of sp³-hybridized carbons (Fsp3) is 0.455. The van der Waals surface area contributed by atoms with Crippen LogP contribution < -0.4 is 15.5 Å². The molecule has 166 valence electrons. The lowest BCUT2D eigenvalue weighted by Crippen LogP contribution is -2.51. The molecule has 0 bridgehead atoms. The van der Waals surface area contributed by atoms with Crippen molar-refractivity contribution in [2.24, 2.45) is 0 Å². The molecule has 2 aromatic rings. The summed E-state index contributed by atoms with van der Waals surface area (Å²) in [5, 5.41) is 5.22. The third-order valence-electron chi connectivity index (χ3n) is 5.29. The Hall–Kier alpha value is -3.07. The number of carbonyl (C=O) groups is 2. The molecular formula is C22H29FN6O2. The Kier molecular flexibility index (Phi) is 7.51. The number of anilines is 2. The number of aromatic nitrogens is 2. The van der Waals surface area contributed by atoms with Crippen molar-refractivity contribution < 1.29 is 14.0 Å². The summed E-state index contributed by atoms with van der Waals surface area (Å²) >= 11 is 0. The minimum absolute atomic E-state index is 0.0299. The number of hydrogen-bond donors (Lipinski definition) is 2. The largest absolute Gasteiger partial charge is 0.365 e. The van der Waals surface area contributed by atoms with Crippen LogP contribution in [0.2, 0.25) is 0 Å². The Balaban J connectivity index is 1.61. The second-order valence-corrected chi connectivity index (χ2v) is 7.73. The summed E-state index contributed by atoms with van der Waals surface area (Å²) in [5.41, 5.74) is 1.55. The van der Waals surface area contributed by atoms with Gasteiger partial charge < -0.3 is 15.5 Å². The number of amides is 2. The maximum absolute atomic E-state index is 14.3. The van der Waals surface area contributed by atoms with Crippen molar-refractivity contribution in [3.63, 3.8) is 0 Å². The molecule has 3 rings (SSSR count). The lowest BCUT2D eigenvalue weighted by molar-refractivity contribution is -0.116. The summed E-state index contributed by atoms with van der Waals surface area (Å²) in [6, 6.07) is 5.37. The summed E-state index contributed by atoms with van der Waals surface area (Å²) in [7, 11) is 1.45. The van der Waals surface area contributed by atoms with Crippen molar-refractivity contribution >= 4 is 23.3 Å².